The lowest BCUT2D eigenvalue weighted by Crippen LogP contribution is -2.21. The van der Waals surface area contributed by atoms with Crippen molar-refractivity contribution >= 4 is 26.5 Å². The van der Waals surface area contributed by atoms with Gasteiger partial charge in [-0.1, -0.05) is 119 Å². The van der Waals surface area contributed by atoms with Crippen LogP contribution in [0.1, 0.15) is 77.0 Å². The van der Waals surface area contributed by atoms with E-state index in [9.17, 15) is 0 Å². The van der Waals surface area contributed by atoms with E-state index in [-0.39, 0.29) is 15.8 Å². The fourth-order valence-electron chi connectivity index (χ4n) is 6.32. The van der Waals surface area contributed by atoms with E-state index in [2.05, 4.69) is 72.8 Å². The van der Waals surface area contributed by atoms with Gasteiger partial charge in [0.15, 0.2) is 0 Å². The van der Waals surface area contributed by atoms with Crippen molar-refractivity contribution in [3.8, 4) is 0 Å². The van der Waals surface area contributed by atoms with Crippen LogP contribution in [0.3, 0.4) is 0 Å². The summed E-state index contributed by atoms with van der Waals surface area (Å²) in [6.45, 7) is 0. The fourth-order valence-corrected chi connectivity index (χ4v) is 12.7. The van der Waals surface area contributed by atoms with Gasteiger partial charge in [0.2, 0.25) is 0 Å². The predicted molar refractivity (Wildman–Crippen MR) is 150 cm³/mol. The second-order valence-corrected chi connectivity index (χ2v) is 15.2. The predicted octanol–water partition coefficient (Wildman–Crippen LogP) is 8.87. The van der Waals surface area contributed by atoms with E-state index in [0.717, 1.165) is 11.3 Å². The molecule has 0 saturated heterocycles. The molecule has 0 heterocycles. The SMILES string of the molecule is C1=C(CCP(c2ccccc2)c2ccccc2)C(P(C2CCCCC2)C2CCCCC2)=CC1. The summed E-state index contributed by atoms with van der Waals surface area (Å²) in [6, 6.07) is 22.6. The minimum absolute atomic E-state index is 0.0233. The van der Waals surface area contributed by atoms with Gasteiger partial charge in [0.25, 0.3) is 0 Å². The molecule has 2 saturated carbocycles. The summed E-state index contributed by atoms with van der Waals surface area (Å²) in [5.74, 6) is 0. The lowest BCUT2D eigenvalue weighted by atomic mass is 9.99. The van der Waals surface area contributed by atoms with Gasteiger partial charge < -0.3 is 0 Å². The summed E-state index contributed by atoms with van der Waals surface area (Å²) in [5, 5.41) is 4.93. The Morgan fingerprint density at radius 3 is 1.64 bits per heavy atom. The Kier molecular flexibility index (Phi) is 8.52. The Hall–Kier alpha value is -1.22. The molecule has 0 amide bonds. The van der Waals surface area contributed by atoms with Crippen LogP contribution in [0.4, 0.5) is 0 Å². The summed E-state index contributed by atoms with van der Waals surface area (Å²) in [5.41, 5.74) is 3.76. The Bertz CT molecular complexity index is 860. The molecule has 33 heavy (non-hydrogen) atoms. The molecule has 2 aromatic rings. The van der Waals surface area contributed by atoms with Crippen molar-refractivity contribution in [2.75, 3.05) is 6.16 Å². The number of hydrogen-bond acceptors (Lipinski definition) is 0. The van der Waals surface area contributed by atoms with Crippen molar-refractivity contribution in [1.29, 1.82) is 0 Å². The van der Waals surface area contributed by atoms with Gasteiger partial charge in [-0.25, -0.2) is 0 Å². The van der Waals surface area contributed by atoms with E-state index >= 15 is 0 Å². The molecule has 0 unspecified atom stereocenters. The van der Waals surface area contributed by atoms with Gasteiger partial charge in [-0.05, 0) is 85.4 Å². The Morgan fingerprint density at radius 1 is 0.606 bits per heavy atom. The third-order valence-electron chi connectivity index (χ3n) is 7.96. The van der Waals surface area contributed by atoms with Crippen LogP contribution in [0.2, 0.25) is 0 Å². The summed E-state index contributed by atoms with van der Waals surface area (Å²) in [6.07, 6.45) is 23.9. The highest BCUT2D eigenvalue weighted by molar-refractivity contribution is 7.73. The zero-order chi connectivity index (χ0) is 22.3. The van der Waals surface area contributed by atoms with Gasteiger partial charge in [0, 0.05) is 0 Å². The first-order valence-corrected chi connectivity index (χ1v) is 16.5. The molecule has 0 bridgehead atoms. The van der Waals surface area contributed by atoms with Crippen LogP contribution in [0, 0.1) is 0 Å². The molecule has 3 aliphatic rings. The molecule has 2 fully saturated rings. The van der Waals surface area contributed by atoms with Crippen LogP contribution >= 0.6 is 15.8 Å². The molecule has 0 spiro atoms. The van der Waals surface area contributed by atoms with Gasteiger partial charge in [0.05, 0.1) is 0 Å². The molecule has 0 nitrogen and oxygen atoms in total. The molecule has 0 aromatic heterocycles. The number of benzene rings is 2. The highest BCUT2D eigenvalue weighted by Crippen LogP contribution is 2.64. The van der Waals surface area contributed by atoms with Crippen molar-refractivity contribution in [3.05, 3.63) is 83.7 Å². The molecule has 0 N–H and O–H groups in total. The summed E-state index contributed by atoms with van der Waals surface area (Å²) < 4.78 is 0. The second kappa shape index (κ2) is 12.0. The van der Waals surface area contributed by atoms with Crippen molar-refractivity contribution in [3.63, 3.8) is 0 Å². The van der Waals surface area contributed by atoms with E-state index in [0.29, 0.717) is 0 Å². The normalized spacial score (nSPS) is 20.3. The first-order valence-electron chi connectivity index (χ1n) is 13.5. The number of allylic oxidation sites excluding steroid dienone is 4. The van der Waals surface area contributed by atoms with Crippen molar-refractivity contribution < 1.29 is 0 Å². The van der Waals surface area contributed by atoms with Gasteiger partial charge >= 0.3 is 0 Å². The van der Waals surface area contributed by atoms with Crippen LogP contribution in [-0.2, 0) is 0 Å². The topological polar surface area (TPSA) is 0 Å². The third kappa shape index (κ3) is 5.89. The van der Waals surface area contributed by atoms with Crippen LogP contribution in [-0.4, -0.2) is 17.5 Å². The van der Waals surface area contributed by atoms with Gasteiger partial charge in [-0.15, -0.1) is 0 Å². The summed E-state index contributed by atoms with van der Waals surface area (Å²) in [4.78, 5) is 0. The molecule has 0 radical (unpaired) electrons. The monoisotopic (exact) mass is 474 g/mol. The molecule has 2 aromatic carbocycles. The van der Waals surface area contributed by atoms with Crippen molar-refractivity contribution in [2.24, 2.45) is 0 Å². The van der Waals surface area contributed by atoms with Gasteiger partial charge in [-0.2, -0.15) is 0 Å². The average molecular weight is 475 g/mol. The minimum atomic E-state index is -0.295. The summed E-state index contributed by atoms with van der Waals surface area (Å²) in [7, 11) is -0.272. The lowest BCUT2D eigenvalue weighted by molar-refractivity contribution is 0.486. The highest BCUT2D eigenvalue weighted by Gasteiger charge is 2.35. The molecular weight excluding hydrogens is 434 g/mol. The van der Waals surface area contributed by atoms with E-state index < -0.39 is 0 Å². The fraction of sp³-hybridized carbons (Fsp3) is 0.484. The molecule has 0 atom stereocenters. The average Bonchev–Trinajstić information content (AvgIpc) is 3.35. The maximum absolute atomic E-state index is 2.68. The lowest BCUT2D eigenvalue weighted by Gasteiger charge is -2.40. The zero-order valence-corrected chi connectivity index (χ0v) is 22.0. The van der Waals surface area contributed by atoms with Crippen molar-refractivity contribution in [2.45, 2.75) is 88.4 Å². The van der Waals surface area contributed by atoms with E-state index in [4.69, 9.17) is 0 Å². The van der Waals surface area contributed by atoms with Crippen LogP contribution in [0.15, 0.2) is 83.7 Å². The Labute approximate surface area is 204 Å². The molecule has 174 valence electrons. The molecule has 2 heteroatoms. The van der Waals surface area contributed by atoms with Crippen LogP contribution in [0.5, 0.6) is 0 Å². The standard InChI is InChI=1S/C31H40P2/c1-5-15-27(16-6-1)32(28-17-7-2-8-18-28)25-24-26-14-13-23-31(26)33(29-19-9-3-10-20-29)30-21-11-4-12-22-30/h1-2,5-8,14-18,23,29-30H,3-4,9-13,19-22,24-25H2. The third-order valence-corrected chi connectivity index (χ3v) is 14.1. The summed E-state index contributed by atoms with van der Waals surface area (Å²) >= 11 is 0. The molecular formula is C31H40P2. The number of hydrogen-bond donors (Lipinski definition) is 0. The van der Waals surface area contributed by atoms with Gasteiger partial charge in [0.1, 0.15) is 0 Å². The van der Waals surface area contributed by atoms with Crippen LogP contribution < -0.4 is 10.6 Å². The first-order chi connectivity index (χ1) is 16.4. The maximum Gasteiger partial charge on any atom is -0.0154 e. The molecule has 0 aliphatic heterocycles. The quantitative estimate of drug-likeness (QED) is 0.335. The van der Waals surface area contributed by atoms with E-state index in [1.54, 1.807) is 5.57 Å². The largest absolute Gasteiger partial charge is 0.0769 e. The molecule has 5 rings (SSSR count). The Morgan fingerprint density at radius 2 is 1.12 bits per heavy atom. The first kappa shape index (κ1) is 23.5. The smallest absolute Gasteiger partial charge is 0.0154 e. The van der Waals surface area contributed by atoms with Crippen LogP contribution in [0.25, 0.3) is 0 Å². The van der Waals surface area contributed by atoms with Crippen molar-refractivity contribution in [1.82, 2.24) is 0 Å². The van der Waals surface area contributed by atoms with E-state index in [1.165, 1.54) is 93.8 Å². The minimum Gasteiger partial charge on any atom is -0.0769 e. The second-order valence-electron chi connectivity index (χ2n) is 10.1. The Balaban J connectivity index is 1.35. The number of rotatable bonds is 8. The van der Waals surface area contributed by atoms with E-state index in [1.807, 2.05) is 5.31 Å². The zero-order valence-electron chi connectivity index (χ0n) is 20.2. The van der Waals surface area contributed by atoms with Gasteiger partial charge in [-0.3, -0.25) is 0 Å². The maximum atomic E-state index is 2.68. The highest BCUT2D eigenvalue weighted by atomic mass is 31.1. The molecule has 3 aliphatic carbocycles.